The average Bonchev–Trinajstić information content (AvgIpc) is 1.64. The molecule has 1 heteroatoms. The summed E-state index contributed by atoms with van der Waals surface area (Å²) in [5, 5.41) is 1.62. The number of hydrogen-bond donors (Lipinski definition) is 0. The fourth-order valence-corrected chi connectivity index (χ4v) is 1.50. The van der Waals surface area contributed by atoms with Gasteiger partial charge in [-0.15, -0.1) is 0 Å². The van der Waals surface area contributed by atoms with Crippen LogP contribution >= 0.6 is 0 Å². The topological polar surface area (TPSA) is 0 Å². The summed E-state index contributed by atoms with van der Waals surface area (Å²) < 4.78 is 0. The van der Waals surface area contributed by atoms with Crippen molar-refractivity contribution in [2.45, 2.75) is 33.9 Å². The standard InChI is InChI=1S/C7H15Si/c1-6(2)7(3)8(4)5/h1-5H3. The summed E-state index contributed by atoms with van der Waals surface area (Å²) in [7, 11) is -0.132. The number of rotatable bonds is 1. The third kappa shape index (κ3) is 2.31. The molecule has 0 aliphatic heterocycles. The van der Waals surface area contributed by atoms with Gasteiger partial charge in [0.1, 0.15) is 0 Å². The minimum Gasteiger partial charge on any atom is -0.0875 e. The lowest BCUT2D eigenvalue weighted by molar-refractivity contribution is 1.32. The van der Waals surface area contributed by atoms with E-state index in [2.05, 4.69) is 33.9 Å². The van der Waals surface area contributed by atoms with Crippen molar-refractivity contribution in [1.29, 1.82) is 0 Å². The Morgan fingerprint density at radius 2 is 1.38 bits per heavy atom. The van der Waals surface area contributed by atoms with E-state index in [0.717, 1.165) is 0 Å². The maximum absolute atomic E-state index is 2.33. The first-order chi connectivity index (χ1) is 3.55. The van der Waals surface area contributed by atoms with Crippen LogP contribution in [0, 0.1) is 0 Å². The van der Waals surface area contributed by atoms with Gasteiger partial charge >= 0.3 is 0 Å². The summed E-state index contributed by atoms with van der Waals surface area (Å²) in [5.41, 5.74) is 1.50. The molecule has 0 spiro atoms. The summed E-state index contributed by atoms with van der Waals surface area (Å²) in [4.78, 5) is 0. The molecule has 0 saturated heterocycles. The van der Waals surface area contributed by atoms with Gasteiger partial charge in [-0.05, 0) is 20.8 Å². The predicted octanol–water partition coefficient (Wildman–Crippen LogP) is 2.64. The summed E-state index contributed by atoms with van der Waals surface area (Å²) in [5.74, 6) is 0. The van der Waals surface area contributed by atoms with Crippen LogP contribution in [0.1, 0.15) is 20.8 Å². The van der Waals surface area contributed by atoms with Crippen LogP contribution < -0.4 is 0 Å². The van der Waals surface area contributed by atoms with E-state index in [1.807, 2.05) is 0 Å². The second kappa shape index (κ2) is 3.08. The van der Waals surface area contributed by atoms with Crippen LogP contribution in [0.25, 0.3) is 0 Å². The third-order valence-electron chi connectivity index (χ3n) is 1.50. The van der Waals surface area contributed by atoms with Gasteiger partial charge in [-0.25, -0.2) is 0 Å². The van der Waals surface area contributed by atoms with Crippen LogP contribution in [0.4, 0.5) is 0 Å². The van der Waals surface area contributed by atoms with Gasteiger partial charge < -0.3 is 0 Å². The Balaban J connectivity index is 4.00. The molecule has 0 aliphatic rings. The van der Waals surface area contributed by atoms with Gasteiger partial charge in [0.05, 0.1) is 8.80 Å². The Morgan fingerprint density at radius 3 is 1.38 bits per heavy atom. The molecular weight excluding hydrogens is 112 g/mol. The SMILES string of the molecule is CC(C)=C(C)[Si](C)C. The van der Waals surface area contributed by atoms with Crippen molar-refractivity contribution in [3.05, 3.63) is 10.8 Å². The molecule has 0 unspecified atom stereocenters. The highest BCUT2D eigenvalue weighted by atomic mass is 28.3. The molecule has 0 N–H and O–H groups in total. The van der Waals surface area contributed by atoms with Gasteiger partial charge in [0.2, 0.25) is 0 Å². The molecular formula is C7H15Si. The summed E-state index contributed by atoms with van der Waals surface area (Å²) >= 11 is 0. The highest BCUT2D eigenvalue weighted by molar-refractivity contribution is 6.63. The Kier molecular flexibility index (Phi) is 3.06. The normalized spacial score (nSPS) is 9.75. The highest BCUT2D eigenvalue weighted by Crippen LogP contribution is 2.04. The van der Waals surface area contributed by atoms with E-state index in [0.29, 0.717) is 0 Å². The maximum atomic E-state index is 2.33. The molecule has 0 aromatic carbocycles. The molecule has 0 atom stereocenters. The monoisotopic (exact) mass is 127 g/mol. The lowest BCUT2D eigenvalue weighted by atomic mass is 10.3. The molecule has 0 heterocycles. The van der Waals surface area contributed by atoms with Crippen molar-refractivity contribution >= 4 is 8.80 Å². The first kappa shape index (κ1) is 7.96. The molecule has 0 saturated carbocycles. The van der Waals surface area contributed by atoms with Crippen molar-refractivity contribution in [1.82, 2.24) is 0 Å². The van der Waals surface area contributed by atoms with Crippen LogP contribution in [0.2, 0.25) is 13.1 Å². The van der Waals surface area contributed by atoms with Gasteiger partial charge in [0, 0.05) is 0 Å². The zero-order chi connectivity index (χ0) is 6.73. The summed E-state index contributed by atoms with van der Waals surface area (Å²) in [6.45, 7) is 11.3. The van der Waals surface area contributed by atoms with Crippen LogP contribution in [-0.2, 0) is 0 Å². The minimum atomic E-state index is -0.132. The Labute approximate surface area is 54.2 Å². The second-order valence-corrected chi connectivity index (χ2v) is 5.38. The molecule has 0 aromatic rings. The molecule has 0 rings (SSSR count). The van der Waals surface area contributed by atoms with Gasteiger partial charge in [-0.2, -0.15) is 0 Å². The zero-order valence-corrected chi connectivity index (χ0v) is 7.50. The fourth-order valence-electron chi connectivity index (χ4n) is 0.500. The van der Waals surface area contributed by atoms with Crippen molar-refractivity contribution in [3.8, 4) is 0 Å². The van der Waals surface area contributed by atoms with Gasteiger partial charge in [0.25, 0.3) is 0 Å². The van der Waals surface area contributed by atoms with Crippen molar-refractivity contribution in [2.24, 2.45) is 0 Å². The van der Waals surface area contributed by atoms with Gasteiger partial charge in [-0.3, -0.25) is 0 Å². The van der Waals surface area contributed by atoms with Gasteiger partial charge in [0.15, 0.2) is 0 Å². The third-order valence-corrected chi connectivity index (χ3v) is 3.50. The molecule has 0 amide bonds. The zero-order valence-electron chi connectivity index (χ0n) is 6.50. The smallest absolute Gasteiger partial charge is 0.0732 e. The molecule has 0 aliphatic carbocycles. The van der Waals surface area contributed by atoms with E-state index in [9.17, 15) is 0 Å². The maximum Gasteiger partial charge on any atom is 0.0732 e. The van der Waals surface area contributed by atoms with E-state index in [4.69, 9.17) is 0 Å². The van der Waals surface area contributed by atoms with Crippen LogP contribution in [0.5, 0.6) is 0 Å². The molecule has 0 nitrogen and oxygen atoms in total. The van der Waals surface area contributed by atoms with Crippen molar-refractivity contribution in [3.63, 3.8) is 0 Å². The molecule has 8 heavy (non-hydrogen) atoms. The highest BCUT2D eigenvalue weighted by Gasteiger charge is 1.97. The van der Waals surface area contributed by atoms with Gasteiger partial charge in [-0.1, -0.05) is 23.9 Å². The summed E-state index contributed by atoms with van der Waals surface area (Å²) in [6.07, 6.45) is 0. The number of allylic oxidation sites excluding steroid dienone is 2. The van der Waals surface area contributed by atoms with E-state index in [1.54, 1.807) is 5.20 Å². The minimum absolute atomic E-state index is 0.132. The fraction of sp³-hybridized carbons (Fsp3) is 0.714. The van der Waals surface area contributed by atoms with Crippen LogP contribution in [0.15, 0.2) is 10.8 Å². The van der Waals surface area contributed by atoms with E-state index in [1.165, 1.54) is 5.57 Å². The lowest BCUT2D eigenvalue weighted by Crippen LogP contribution is -2.03. The first-order valence-corrected chi connectivity index (χ1v) is 5.50. The van der Waals surface area contributed by atoms with E-state index < -0.39 is 0 Å². The van der Waals surface area contributed by atoms with Crippen molar-refractivity contribution in [2.75, 3.05) is 0 Å². The average molecular weight is 127 g/mol. The van der Waals surface area contributed by atoms with Crippen LogP contribution in [-0.4, -0.2) is 8.80 Å². The molecule has 0 aromatic heterocycles. The quantitative estimate of drug-likeness (QED) is 0.475. The molecule has 0 fully saturated rings. The molecule has 1 radical (unpaired) electrons. The number of hydrogen-bond acceptors (Lipinski definition) is 0. The Bertz CT molecular complexity index is 97.0. The Morgan fingerprint density at radius 1 is 1.00 bits per heavy atom. The summed E-state index contributed by atoms with van der Waals surface area (Å²) in [6, 6.07) is 0. The molecule has 47 valence electrons. The predicted molar refractivity (Wildman–Crippen MR) is 41.5 cm³/mol. The van der Waals surface area contributed by atoms with Crippen molar-refractivity contribution < 1.29 is 0 Å². The van der Waals surface area contributed by atoms with E-state index in [-0.39, 0.29) is 8.80 Å². The lowest BCUT2D eigenvalue weighted by Gasteiger charge is -2.03. The Hall–Kier alpha value is -0.0431. The van der Waals surface area contributed by atoms with Crippen LogP contribution in [0.3, 0.4) is 0 Å². The van der Waals surface area contributed by atoms with E-state index >= 15 is 0 Å². The first-order valence-electron chi connectivity index (χ1n) is 3.00. The molecule has 0 bridgehead atoms. The largest absolute Gasteiger partial charge is 0.0875 e. The second-order valence-electron chi connectivity index (χ2n) is 2.62.